The van der Waals surface area contributed by atoms with Gasteiger partial charge in [0.05, 0.1) is 42.5 Å². The number of nitrogens with zero attached hydrogens (tertiary/aromatic N) is 3. The molecule has 1 fully saturated rings. The van der Waals surface area contributed by atoms with E-state index in [1.165, 1.54) is 25.5 Å². The highest BCUT2D eigenvalue weighted by Gasteiger charge is 2.25. The molecule has 1 unspecified atom stereocenters. The zero-order chi connectivity index (χ0) is 32.6. The number of hydrogen-bond donors (Lipinski definition) is 0. The van der Waals surface area contributed by atoms with Gasteiger partial charge in [0, 0.05) is 23.9 Å². The second-order valence-corrected chi connectivity index (χ2v) is 12.5. The molecule has 2 aliphatic rings. The third kappa shape index (κ3) is 7.91. The van der Waals surface area contributed by atoms with E-state index in [4.69, 9.17) is 9.72 Å². The Bertz CT molecular complexity index is 1720. The highest BCUT2D eigenvalue weighted by atomic mass is 16.5. The van der Waals surface area contributed by atoms with Crippen molar-refractivity contribution in [3.05, 3.63) is 99.3 Å². The van der Waals surface area contributed by atoms with E-state index in [1.807, 2.05) is 51.1 Å². The van der Waals surface area contributed by atoms with Crippen LogP contribution in [0.25, 0.3) is 22.3 Å². The first-order valence-electron chi connectivity index (χ1n) is 16.4. The van der Waals surface area contributed by atoms with Crippen LogP contribution in [0.5, 0.6) is 0 Å². The van der Waals surface area contributed by atoms with Gasteiger partial charge in [-0.15, -0.1) is 0 Å². The minimum absolute atomic E-state index is 0.0198. The van der Waals surface area contributed by atoms with Crippen molar-refractivity contribution in [1.29, 1.82) is 0 Å². The molecule has 0 bridgehead atoms. The fourth-order valence-corrected chi connectivity index (χ4v) is 6.22. The van der Waals surface area contributed by atoms with E-state index in [0.717, 1.165) is 59.5 Å². The van der Waals surface area contributed by atoms with Crippen LogP contribution >= 0.6 is 0 Å². The van der Waals surface area contributed by atoms with Gasteiger partial charge in [-0.1, -0.05) is 68.8 Å². The second kappa shape index (κ2) is 15.3. The summed E-state index contributed by atoms with van der Waals surface area (Å²) in [4.78, 5) is 43.3. The Morgan fingerprint density at radius 1 is 1.00 bits per heavy atom. The summed E-state index contributed by atoms with van der Waals surface area (Å²) in [5.74, 6) is 0.597. The van der Waals surface area contributed by atoms with Crippen molar-refractivity contribution in [3.8, 4) is 11.4 Å². The van der Waals surface area contributed by atoms with Crippen molar-refractivity contribution < 1.29 is 19.1 Å². The summed E-state index contributed by atoms with van der Waals surface area (Å²) in [5.41, 5.74) is 6.37. The maximum atomic E-state index is 13.1. The van der Waals surface area contributed by atoms with Crippen LogP contribution < -0.4 is 5.56 Å². The molecule has 2 aromatic heterocycles. The number of fused-ring (bicyclic) bond motifs is 4. The third-order valence-electron chi connectivity index (χ3n) is 9.31. The van der Waals surface area contributed by atoms with Gasteiger partial charge in [-0.05, 0) is 74.0 Å². The number of pyridine rings is 2. The van der Waals surface area contributed by atoms with Crippen molar-refractivity contribution >= 4 is 22.8 Å². The number of likely N-dealkylation sites (tertiary alicyclic amines) is 1. The second-order valence-electron chi connectivity index (χ2n) is 12.5. The van der Waals surface area contributed by atoms with Crippen LogP contribution in [0.15, 0.2) is 71.5 Å². The van der Waals surface area contributed by atoms with E-state index >= 15 is 0 Å². The van der Waals surface area contributed by atoms with Crippen molar-refractivity contribution in [1.82, 2.24) is 14.5 Å². The summed E-state index contributed by atoms with van der Waals surface area (Å²) in [6, 6.07) is 22.8. The van der Waals surface area contributed by atoms with Gasteiger partial charge >= 0.3 is 11.9 Å². The number of esters is 2. The van der Waals surface area contributed by atoms with Gasteiger partial charge < -0.3 is 18.9 Å². The number of aromatic nitrogens is 2. The number of ether oxygens (including phenoxy) is 2. The van der Waals surface area contributed by atoms with E-state index in [9.17, 15) is 14.4 Å². The first-order valence-corrected chi connectivity index (χ1v) is 16.4. The molecule has 6 rings (SSSR count). The standard InChI is InChI=1S/C23H24N2O3.C15H21NO2/c1-4-14(2)9-21(26)28-13-18-15(3)10-20-22-17(12-25(20)23(18)27)11-16-7-5-6-8-19(16)24-22;1-18-15(17)9-12-16-10-7-14(8-11-16)13-5-3-2-4-6-13/h5-8,10-11,14H,4,9,12-13H2,1-3H3;2-6,14H,7-12H2,1H3. The summed E-state index contributed by atoms with van der Waals surface area (Å²) >= 11 is 0. The smallest absolute Gasteiger partial charge is 0.306 e. The summed E-state index contributed by atoms with van der Waals surface area (Å²) in [6.07, 6.45) is 4.18. The molecule has 2 aliphatic heterocycles. The maximum absolute atomic E-state index is 13.1. The molecule has 2 aromatic carbocycles. The minimum atomic E-state index is -0.255. The number of hydrogen-bond acceptors (Lipinski definition) is 7. The monoisotopic (exact) mass is 623 g/mol. The molecule has 4 heterocycles. The van der Waals surface area contributed by atoms with Crippen LogP contribution in [0.4, 0.5) is 0 Å². The first-order chi connectivity index (χ1) is 22.3. The predicted octanol–water partition coefficient (Wildman–Crippen LogP) is 6.64. The number of rotatable bonds is 9. The molecule has 8 heteroatoms. The molecular formula is C38H45N3O5. The quantitative estimate of drug-likeness (QED) is 0.170. The molecule has 242 valence electrons. The van der Waals surface area contributed by atoms with E-state index in [2.05, 4.69) is 46.0 Å². The van der Waals surface area contributed by atoms with Crippen molar-refractivity contribution in [2.24, 2.45) is 5.92 Å². The summed E-state index contributed by atoms with van der Waals surface area (Å²) < 4.78 is 11.8. The average Bonchev–Trinajstić information content (AvgIpc) is 3.44. The largest absolute Gasteiger partial charge is 0.469 e. The van der Waals surface area contributed by atoms with Crippen LogP contribution in [0.3, 0.4) is 0 Å². The molecule has 0 N–H and O–H groups in total. The van der Waals surface area contributed by atoms with Crippen molar-refractivity contribution in [2.75, 3.05) is 26.7 Å². The predicted molar refractivity (Wildman–Crippen MR) is 181 cm³/mol. The molecule has 1 atom stereocenters. The Morgan fingerprint density at radius 3 is 2.43 bits per heavy atom. The number of benzene rings is 2. The number of para-hydroxylation sites is 1. The first kappa shape index (κ1) is 33.1. The minimum Gasteiger partial charge on any atom is -0.469 e. The topological polar surface area (TPSA) is 90.7 Å². The van der Waals surface area contributed by atoms with Crippen LogP contribution in [-0.2, 0) is 32.2 Å². The molecule has 46 heavy (non-hydrogen) atoms. The zero-order valence-electron chi connectivity index (χ0n) is 27.5. The molecule has 8 nitrogen and oxygen atoms in total. The lowest BCUT2D eigenvalue weighted by atomic mass is 9.89. The van der Waals surface area contributed by atoms with E-state index in [1.54, 1.807) is 4.57 Å². The van der Waals surface area contributed by atoms with Gasteiger partial charge in [0.25, 0.3) is 5.56 Å². The normalized spacial score (nSPS) is 15.0. The highest BCUT2D eigenvalue weighted by Crippen LogP contribution is 2.32. The fraction of sp³-hybridized carbons (Fsp3) is 0.421. The lowest BCUT2D eigenvalue weighted by molar-refractivity contribution is -0.146. The number of carbonyl (C=O) groups excluding carboxylic acids is 2. The van der Waals surface area contributed by atoms with Crippen LogP contribution in [0, 0.1) is 12.8 Å². The van der Waals surface area contributed by atoms with Crippen molar-refractivity contribution in [2.45, 2.75) is 71.9 Å². The lowest BCUT2D eigenvalue weighted by Gasteiger charge is -2.31. The van der Waals surface area contributed by atoms with E-state index in [-0.39, 0.29) is 30.0 Å². The summed E-state index contributed by atoms with van der Waals surface area (Å²) in [6.45, 7) is 9.46. The third-order valence-corrected chi connectivity index (χ3v) is 9.31. The Kier molecular flexibility index (Phi) is 11.0. The zero-order valence-corrected chi connectivity index (χ0v) is 27.5. The van der Waals surface area contributed by atoms with Gasteiger partial charge in [0.15, 0.2) is 0 Å². The van der Waals surface area contributed by atoms with Crippen LogP contribution in [-0.4, -0.2) is 53.1 Å². The van der Waals surface area contributed by atoms with Crippen molar-refractivity contribution in [3.63, 3.8) is 0 Å². The molecular weight excluding hydrogens is 578 g/mol. The summed E-state index contributed by atoms with van der Waals surface area (Å²) in [5, 5.41) is 1.07. The number of methoxy groups -OCH3 is 1. The molecule has 0 amide bonds. The summed E-state index contributed by atoms with van der Waals surface area (Å²) in [7, 11) is 1.45. The molecule has 1 saturated heterocycles. The number of carbonyl (C=O) groups is 2. The number of aryl methyl sites for hydroxylation is 1. The Hall–Kier alpha value is -4.30. The highest BCUT2D eigenvalue weighted by molar-refractivity contribution is 5.84. The maximum Gasteiger partial charge on any atom is 0.306 e. The SMILES string of the molecule is CCC(C)CC(=O)OCc1c(C)cc2n(c1=O)Cc1cc3ccccc3nc1-2.COC(=O)CCN1CCC(c2ccccc2)CC1. The Morgan fingerprint density at radius 2 is 1.72 bits per heavy atom. The van der Waals surface area contributed by atoms with Gasteiger partial charge in [-0.2, -0.15) is 0 Å². The van der Waals surface area contributed by atoms with Gasteiger partial charge in [0.1, 0.15) is 6.61 Å². The Balaban J connectivity index is 0.000000200. The fourth-order valence-electron chi connectivity index (χ4n) is 6.22. The molecule has 0 aliphatic carbocycles. The molecule has 0 spiro atoms. The lowest BCUT2D eigenvalue weighted by Crippen LogP contribution is -2.34. The number of piperidine rings is 1. The van der Waals surface area contributed by atoms with Gasteiger partial charge in [0.2, 0.25) is 0 Å². The Labute approximate surface area is 271 Å². The average molecular weight is 624 g/mol. The molecule has 4 aromatic rings. The van der Waals surface area contributed by atoms with Gasteiger partial charge in [-0.25, -0.2) is 4.98 Å². The molecule has 0 radical (unpaired) electrons. The molecule has 0 saturated carbocycles. The van der Waals surface area contributed by atoms with Crippen LogP contribution in [0.2, 0.25) is 0 Å². The van der Waals surface area contributed by atoms with Gasteiger partial charge in [-0.3, -0.25) is 14.4 Å². The van der Waals surface area contributed by atoms with E-state index in [0.29, 0.717) is 30.9 Å². The van der Waals surface area contributed by atoms with E-state index < -0.39 is 0 Å². The van der Waals surface area contributed by atoms with Crippen LogP contribution in [0.1, 0.15) is 74.1 Å².